The minimum absolute atomic E-state index is 0.0249. The van der Waals surface area contributed by atoms with Crippen LogP contribution < -0.4 is 4.74 Å². The predicted molar refractivity (Wildman–Crippen MR) is 110 cm³/mol. The third kappa shape index (κ3) is 3.71. The normalized spacial score (nSPS) is 18.7. The van der Waals surface area contributed by atoms with Crippen molar-refractivity contribution in [3.8, 4) is 17.2 Å². The van der Waals surface area contributed by atoms with Crippen molar-refractivity contribution in [2.75, 3.05) is 0 Å². The molecular formula is C24H20O7. The Morgan fingerprint density at radius 3 is 2.19 bits per heavy atom. The van der Waals surface area contributed by atoms with E-state index in [4.69, 9.17) is 4.74 Å². The first kappa shape index (κ1) is 20.4. The fourth-order valence-corrected chi connectivity index (χ4v) is 3.88. The summed E-state index contributed by atoms with van der Waals surface area (Å²) in [5, 5.41) is 41.3. The van der Waals surface area contributed by atoms with Crippen molar-refractivity contribution >= 4 is 11.8 Å². The molecule has 1 aliphatic rings. The molecule has 1 heterocycles. The SMILES string of the molecule is O=C(O)C(Cc1ccccc1)c1c(O)cc(O)c2c1OC(c1ccccc1)C(O)C2=O. The number of fused-ring (bicyclic) bond motifs is 1. The lowest BCUT2D eigenvalue weighted by molar-refractivity contribution is -0.138. The van der Waals surface area contributed by atoms with Gasteiger partial charge in [0, 0.05) is 6.07 Å². The number of aliphatic carboxylic acids is 1. The summed E-state index contributed by atoms with van der Waals surface area (Å²) in [7, 11) is 0. The standard InChI is InChI=1S/C24H20O7/c25-16-12-17(26)19-20(27)21(28)22(14-9-5-2-6-10-14)31-23(19)18(16)15(24(29)30)11-13-7-3-1-4-8-13/h1-10,12,15,21-22,25-26,28H,11H2,(H,29,30). The summed E-state index contributed by atoms with van der Waals surface area (Å²) in [5.41, 5.74) is 0.743. The van der Waals surface area contributed by atoms with E-state index in [0.29, 0.717) is 11.1 Å². The number of benzene rings is 3. The molecule has 0 aromatic heterocycles. The molecule has 4 rings (SSSR count). The number of hydrogen-bond acceptors (Lipinski definition) is 6. The summed E-state index contributed by atoms with van der Waals surface area (Å²) in [6.45, 7) is 0. The van der Waals surface area contributed by atoms with Crippen molar-refractivity contribution in [3.05, 3.63) is 89.0 Å². The molecule has 0 saturated heterocycles. The number of Topliss-reactive ketones (excluding diaryl/α,β-unsaturated/α-hetero) is 1. The fourth-order valence-electron chi connectivity index (χ4n) is 3.88. The Balaban J connectivity index is 1.87. The number of aliphatic hydroxyl groups is 1. The molecule has 7 nitrogen and oxygen atoms in total. The fraction of sp³-hybridized carbons (Fsp3) is 0.167. The maximum absolute atomic E-state index is 12.9. The Labute approximate surface area is 177 Å². The van der Waals surface area contributed by atoms with E-state index in [2.05, 4.69) is 0 Å². The molecule has 31 heavy (non-hydrogen) atoms. The largest absolute Gasteiger partial charge is 0.507 e. The second-order valence-corrected chi connectivity index (χ2v) is 7.37. The molecule has 0 amide bonds. The minimum Gasteiger partial charge on any atom is -0.507 e. The number of carbonyl (C=O) groups excluding carboxylic acids is 1. The smallest absolute Gasteiger partial charge is 0.311 e. The molecule has 7 heteroatoms. The minimum atomic E-state index is -1.60. The quantitative estimate of drug-likeness (QED) is 0.500. The Hall–Kier alpha value is -3.84. The first-order chi connectivity index (χ1) is 14.9. The number of ether oxygens (including phenoxy) is 1. The summed E-state index contributed by atoms with van der Waals surface area (Å²) in [5.74, 6) is -4.62. The second kappa shape index (κ2) is 8.12. The van der Waals surface area contributed by atoms with Gasteiger partial charge in [-0.05, 0) is 17.5 Å². The molecule has 3 atom stereocenters. The number of phenols is 2. The van der Waals surface area contributed by atoms with Crippen LogP contribution in [-0.2, 0) is 11.2 Å². The van der Waals surface area contributed by atoms with Crippen LogP contribution in [0.1, 0.15) is 39.1 Å². The molecular weight excluding hydrogens is 400 g/mol. The molecule has 0 saturated carbocycles. The second-order valence-electron chi connectivity index (χ2n) is 7.37. The lowest BCUT2D eigenvalue weighted by Gasteiger charge is -2.32. The van der Waals surface area contributed by atoms with Gasteiger partial charge in [-0.25, -0.2) is 0 Å². The molecule has 3 unspecified atom stereocenters. The lowest BCUT2D eigenvalue weighted by atomic mass is 9.85. The van der Waals surface area contributed by atoms with Crippen LogP contribution in [0.4, 0.5) is 0 Å². The van der Waals surface area contributed by atoms with Gasteiger partial charge in [-0.1, -0.05) is 60.7 Å². The van der Waals surface area contributed by atoms with Gasteiger partial charge in [0.2, 0.25) is 5.78 Å². The monoisotopic (exact) mass is 420 g/mol. The molecule has 0 fully saturated rings. The summed E-state index contributed by atoms with van der Waals surface area (Å²) >= 11 is 0. The zero-order chi connectivity index (χ0) is 22.1. The van der Waals surface area contributed by atoms with Crippen LogP contribution >= 0.6 is 0 Å². The highest BCUT2D eigenvalue weighted by Gasteiger charge is 2.42. The van der Waals surface area contributed by atoms with E-state index < -0.39 is 41.4 Å². The Morgan fingerprint density at radius 1 is 0.968 bits per heavy atom. The molecule has 4 N–H and O–H groups in total. The Morgan fingerprint density at radius 2 is 1.58 bits per heavy atom. The van der Waals surface area contributed by atoms with Crippen LogP contribution in [0, 0.1) is 0 Å². The highest BCUT2D eigenvalue weighted by atomic mass is 16.5. The average Bonchev–Trinajstić information content (AvgIpc) is 2.76. The number of carboxylic acids is 1. The van der Waals surface area contributed by atoms with E-state index in [1.807, 2.05) is 0 Å². The zero-order valence-electron chi connectivity index (χ0n) is 16.3. The van der Waals surface area contributed by atoms with Gasteiger partial charge in [0.25, 0.3) is 0 Å². The highest BCUT2D eigenvalue weighted by molar-refractivity contribution is 6.06. The molecule has 3 aromatic carbocycles. The van der Waals surface area contributed by atoms with Gasteiger partial charge in [-0.15, -0.1) is 0 Å². The topological polar surface area (TPSA) is 124 Å². The van der Waals surface area contributed by atoms with Gasteiger partial charge in [-0.2, -0.15) is 0 Å². The van der Waals surface area contributed by atoms with Crippen molar-refractivity contribution in [2.24, 2.45) is 0 Å². The number of rotatable bonds is 5. The zero-order valence-corrected chi connectivity index (χ0v) is 16.3. The summed E-state index contributed by atoms with van der Waals surface area (Å²) in [6.07, 6.45) is -2.69. The van der Waals surface area contributed by atoms with Crippen LogP contribution in [0.2, 0.25) is 0 Å². The van der Waals surface area contributed by atoms with Crippen molar-refractivity contribution in [1.82, 2.24) is 0 Å². The van der Waals surface area contributed by atoms with E-state index in [9.17, 15) is 30.0 Å². The number of hydrogen-bond donors (Lipinski definition) is 4. The maximum Gasteiger partial charge on any atom is 0.311 e. The van der Waals surface area contributed by atoms with Crippen LogP contribution in [0.3, 0.4) is 0 Å². The van der Waals surface area contributed by atoms with Gasteiger partial charge in [0.05, 0.1) is 11.5 Å². The molecule has 0 radical (unpaired) electrons. The molecule has 1 aliphatic heterocycles. The van der Waals surface area contributed by atoms with Crippen LogP contribution in [0.15, 0.2) is 66.7 Å². The molecule has 0 aliphatic carbocycles. The Bertz CT molecular complexity index is 1130. The lowest BCUT2D eigenvalue weighted by Crippen LogP contribution is -2.37. The van der Waals surface area contributed by atoms with E-state index in [-0.39, 0.29) is 23.3 Å². The van der Waals surface area contributed by atoms with Crippen LogP contribution in [0.5, 0.6) is 17.2 Å². The van der Waals surface area contributed by atoms with Crippen molar-refractivity contribution in [3.63, 3.8) is 0 Å². The average molecular weight is 420 g/mol. The van der Waals surface area contributed by atoms with E-state index in [1.54, 1.807) is 60.7 Å². The number of aromatic hydroxyl groups is 2. The van der Waals surface area contributed by atoms with Crippen LogP contribution in [-0.4, -0.2) is 38.3 Å². The van der Waals surface area contributed by atoms with Gasteiger partial charge in [0.1, 0.15) is 22.8 Å². The molecule has 158 valence electrons. The van der Waals surface area contributed by atoms with E-state index in [0.717, 1.165) is 6.07 Å². The van der Waals surface area contributed by atoms with E-state index in [1.165, 1.54) is 0 Å². The van der Waals surface area contributed by atoms with Crippen molar-refractivity contribution in [1.29, 1.82) is 0 Å². The van der Waals surface area contributed by atoms with Gasteiger partial charge >= 0.3 is 5.97 Å². The van der Waals surface area contributed by atoms with Gasteiger partial charge < -0.3 is 25.2 Å². The number of aliphatic hydroxyl groups excluding tert-OH is 1. The van der Waals surface area contributed by atoms with E-state index >= 15 is 0 Å². The number of phenolic OH excluding ortho intramolecular Hbond substituents is 2. The van der Waals surface area contributed by atoms with Crippen LogP contribution in [0.25, 0.3) is 0 Å². The van der Waals surface area contributed by atoms with Crippen molar-refractivity contribution < 1.29 is 34.8 Å². The molecule has 3 aromatic rings. The highest BCUT2D eigenvalue weighted by Crippen LogP contribution is 2.48. The third-order valence-electron chi connectivity index (χ3n) is 5.38. The van der Waals surface area contributed by atoms with Crippen molar-refractivity contribution in [2.45, 2.75) is 24.5 Å². The van der Waals surface area contributed by atoms with Gasteiger partial charge in [-0.3, -0.25) is 9.59 Å². The summed E-state index contributed by atoms with van der Waals surface area (Å²) < 4.78 is 5.91. The predicted octanol–water partition coefficient (Wildman–Crippen LogP) is 3.19. The Kier molecular flexibility index (Phi) is 5.35. The third-order valence-corrected chi connectivity index (χ3v) is 5.38. The first-order valence-corrected chi connectivity index (χ1v) is 9.68. The van der Waals surface area contributed by atoms with Gasteiger partial charge in [0.15, 0.2) is 12.2 Å². The summed E-state index contributed by atoms with van der Waals surface area (Å²) in [4.78, 5) is 25.1. The first-order valence-electron chi connectivity index (χ1n) is 9.68. The maximum atomic E-state index is 12.9. The number of ketones is 1. The number of carboxylic acid groups (broad SMARTS) is 1. The summed E-state index contributed by atoms with van der Waals surface area (Å²) in [6, 6.07) is 18.2. The number of carbonyl (C=O) groups is 2. The molecule has 0 spiro atoms. The molecule has 0 bridgehead atoms.